The minimum absolute atomic E-state index is 0.355. The summed E-state index contributed by atoms with van der Waals surface area (Å²) in [7, 11) is 0. The fraction of sp³-hybridized carbons (Fsp3) is 0.286. The molecule has 3 rings (SSSR count). The van der Waals surface area contributed by atoms with E-state index in [9.17, 15) is 19.8 Å². The Hall–Kier alpha value is -4.01. The standard InChI is InChI=1S/C28H27N3O4S/c1-5-7-8-18(6-2)17-31-23-11-9-19(13-21(29-3)27(32)33)15-25(23)36-26-16-20(10-12-24(26)31)14-22(30-4)28(34)35/h9-16,18H,5-8,17H2,1-2H3,(H,32,33)(H,34,35). The first-order valence-electron chi connectivity index (χ1n) is 11.7. The van der Waals surface area contributed by atoms with Crippen LogP contribution in [0, 0.1) is 19.1 Å². The minimum atomic E-state index is -1.27. The van der Waals surface area contributed by atoms with Gasteiger partial charge in [0, 0.05) is 16.3 Å². The van der Waals surface area contributed by atoms with Crippen molar-refractivity contribution in [1.82, 2.24) is 0 Å². The molecule has 0 amide bonds. The summed E-state index contributed by atoms with van der Waals surface area (Å²) in [5, 5.41) is 18.5. The summed E-state index contributed by atoms with van der Waals surface area (Å²) in [4.78, 5) is 32.9. The summed E-state index contributed by atoms with van der Waals surface area (Å²) in [6, 6.07) is 11.3. The van der Waals surface area contributed by atoms with E-state index in [-0.39, 0.29) is 11.4 Å². The number of unbranched alkanes of at least 4 members (excludes halogenated alkanes) is 1. The van der Waals surface area contributed by atoms with Gasteiger partial charge in [0.15, 0.2) is 0 Å². The highest BCUT2D eigenvalue weighted by atomic mass is 32.2. The number of carbonyl (C=O) groups is 2. The van der Waals surface area contributed by atoms with E-state index in [0.29, 0.717) is 17.0 Å². The Bertz CT molecular complexity index is 1230. The number of rotatable bonds is 10. The van der Waals surface area contributed by atoms with E-state index < -0.39 is 11.9 Å². The molecular weight excluding hydrogens is 474 g/mol. The van der Waals surface area contributed by atoms with Crippen LogP contribution in [0.25, 0.3) is 21.8 Å². The molecule has 0 saturated carbocycles. The molecule has 184 valence electrons. The van der Waals surface area contributed by atoms with Gasteiger partial charge in [0.1, 0.15) is 0 Å². The molecule has 0 aromatic heterocycles. The van der Waals surface area contributed by atoms with Crippen LogP contribution in [0.3, 0.4) is 0 Å². The molecule has 0 fully saturated rings. The molecule has 1 atom stereocenters. The van der Waals surface area contributed by atoms with Gasteiger partial charge in [0.05, 0.1) is 24.5 Å². The molecule has 1 heterocycles. The third kappa shape index (κ3) is 6.16. The van der Waals surface area contributed by atoms with Gasteiger partial charge in [0.25, 0.3) is 11.4 Å². The highest BCUT2D eigenvalue weighted by molar-refractivity contribution is 7.99. The fourth-order valence-electron chi connectivity index (χ4n) is 4.07. The maximum Gasteiger partial charge on any atom is 0.333 e. The predicted molar refractivity (Wildman–Crippen MR) is 142 cm³/mol. The molecular formula is C28H27N3O4S. The quantitative estimate of drug-likeness (QED) is 0.265. The molecule has 1 unspecified atom stereocenters. The number of fused-ring (bicyclic) bond motifs is 2. The zero-order chi connectivity index (χ0) is 26.2. The second-order valence-corrected chi connectivity index (χ2v) is 9.56. The van der Waals surface area contributed by atoms with Crippen LogP contribution in [0.4, 0.5) is 11.4 Å². The number of aliphatic carboxylic acids is 2. The molecule has 8 heteroatoms. The monoisotopic (exact) mass is 501 g/mol. The number of benzene rings is 2. The van der Waals surface area contributed by atoms with E-state index in [1.54, 1.807) is 0 Å². The van der Waals surface area contributed by atoms with Crippen LogP contribution in [-0.4, -0.2) is 28.7 Å². The van der Waals surface area contributed by atoms with Crippen molar-refractivity contribution in [3.05, 3.63) is 81.8 Å². The molecule has 2 aromatic carbocycles. The van der Waals surface area contributed by atoms with E-state index >= 15 is 0 Å². The summed E-state index contributed by atoms with van der Waals surface area (Å²) in [6.45, 7) is 19.4. The van der Waals surface area contributed by atoms with Crippen molar-refractivity contribution in [2.24, 2.45) is 5.92 Å². The molecule has 0 aliphatic carbocycles. The summed E-state index contributed by atoms with van der Waals surface area (Å²) in [5.74, 6) is -2.06. The summed E-state index contributed by atoms with van der Waals surface area (Å²) in [6.07, 6.45) is 7.15. The lowest BCUT2D eigenvalue weighted by Crippen LogP contribution is -2.27. The van der Waals surface area contributed by atoms with E-state index in [1.165, 1.54) is 23.9 Å². The van der Waals surface area contributed by atoms with Gasteiger partial charge in [-0.05, 0) is 59.9 Å². The molecule has 0 radical (unpaired) electrons. The van der Waals surface area contributed by atoms with Crippen molar-refractivity contribution >= 4 is 47.2 Å². The SMILES string of the molecule is [C-]#[N+]C(=Cc1ccc2c(c1)Sc1cc(C=C([N+]#[C-])C(=O)O)ccc1N2CC(CC)CCCC)C(=O)O. The van der Waals surface area contributed by atoms with Gasteiger partial charge in [-0.15, -0.1) is 0 Å². The third-order valence-corrected chi connectivity index (χ3v) is 7.13. The molecule has 2 aromatic rings. The summed E-state index contributed by atoms with van der Waals surface area (Å²) >= 11 is 1.50. The van der Waals surface area contributed by atoms with Crippen molar-refractivity contribution < 1.29 is 19.8 Å². The topological polar surface area (TPSA) is 86.6 Å². The van der Waals surface area contributed by atoms with Crippen LogP contribution in [0.2, 0.25) is 0 Å². The van der Waals surface area contributed by atoms with Gasteiger partial charge in [-0.1, -0.05) is 57.0 Å². The average molecular weight is 502 g/mol. The second-order valence-electron chi connectivity index (χ2n) is 8.48. The highest BCUT2D eigenvalue weighted by Gasteiger charge is 2.26. The van der Waals surface area contributed by atoms with Crippen molar-refractivity contribution in [2.75, 3.05) is 11.4 Å². The Morgan fingerprint density at radius 3 is 1.83 bits per heavy atom. The Kier molecular flexibility index (Phi) is 8.94. The summed E-state index contributed by atoms with van der Waals surface area (Å²) < 4.78 is 0. The van der Waals surface area contributed by atoms with Crippen molar-refractivity contribution in [3.63, 3.8) is 0 Å². The molecule has 2 N–H and O–H groups in total. The summed E-state index contributed by atoms with van der Waals surface area (Å²) in [5.41, 5.74) is 2.55. The van der Waals surface area contributed by atoms with Gasteiger partial charge in [-0.25, -0.2) is 9.69 Å². The smallest absolute Gasteiger partial charge is 0.333 e. The Labute approximate surface area is 215 Å². The maximum absolute atomic E-state index is 11.3. The first-order chi connectivity index (χ1) is 17.3. The number of carboxylic acids is 2. The third-order valence-electron chi connectivity index (χ3n) is 6.04. The first-order valence-corrected chi connectivity index (χ1v) is 12.5. The van der Waals surface area contributed by atoms with Crippen LogP contribution in [-0.2, 0) is 9.59 Å². The van der Waals surface area contributed by atoms with Crippen LogP contribution in [0.15, 0.2) is 57.6 Å². The first kappa shape index (κ1) is 26.6. The lowest BCUT2D eigenvalue weighted by atomic mass is 9.97. The fourth-order valence-corrected chi connectivity index (χ4v) is 5.26. The molecule has 0 bridgehead atoms. The van der Waals surface area contributed by atoms with E-state index in [2.05, 4.69) is 28.4 Å². The van der Waals surface area contributed by atoms with Gasteiger partial charge in [-0.2, -0.15) is 0 Å². The molecule has 0 spiro atoms. The zero-order valence-corrected chi connectivity index (χ0v) is 21.0. The second kappa shape index (κ2) is 12.1. The maximum atomic E-state index is 11.3. The Balaban J connectivity index is 2.10. The number of hydrogen-bond acceptors (Lipinski definition) is 4. The number of anilines is 2. The van der Waals surface area contributed by atoms with Crippen molar-refractivity contribution in [2.45, 2.75) is 49.3 Å². The lowest BCUT2D eigenvalue weighted by Gasteiger charge is -2.35. The van der Waals surface area contributed by atoms with Gasteiger partial charge >= 0.3 is 11.9 Å². The highest BCUT2D eigenvalue weighted by Crippen LogP contribution is 2.49. The molecule has 0 saturated heterocycles. The van der Waals surface area contributed by atoms with Crippen molar-refractivity contribution in [3.8, 4) is 0 Å². The predicted octanol–water partition coefficient (Wildman–Crippen LogP) is 7.20. The van der Waals surface area contributed by atoms with Gasteiger partial charge in [-0.3, -0.25) is 9.59 Å². The van der Waals surface area contributed by atoms with Crippen LogP contribution < -0.4 is 4.90 Å². The van der Waals surface area contributed by atoms with Crippen LogP contribution in [0.1, 0.15) is 50.7 Å². The van der Waals surface area contributed by atoms with Crippen LogP contribution >= 0.6 is 11.8 Å². The van der Waals surface area contributed by atoms with Crippen LogP contribution in [0.5, 0.6) is 0 Å². The van der Waals surface area contributed by atoms with E-state index in [0.717, 1.165) is 53.4 Å². The van der Waals surface area contributed by atoms with E-state index in [1.807, 2.05) is 36.4 Å². The number of nitrogens with zero attached hydrogens (tertiary/aromatic N) is 3. The Morgan fingerprint density at radius 2 is 1.44 bits per heavy atom. The zero-order valence-electron chi connectivity index (χ0n) is 20.2. The van der Waals surface area contributed by atoms with Gasteiger partial charge < -0.3 is 15.1 Å². The largest absolute Gasteiger partial charge is 0.486 e. The van der Waals surface area contributed by atoms with E-state index in [4.69, 9.17) is 13.1 Å². The average Bonchev–Trinajstić information content (AvgIpc) is 2.86. The lowest BCUT2D eigenvalue weighted by molar-refractivity contribution is -0.133. The minimum Gasteiger partial charge on any atom is -0.486 e. The number of hydrogen-bond donors (Lipinski definition) is 2. The molecule has 1 aliphatic rings. The molecule has 7 nitrogen and oxygen atoms in total. The molecule has 1 aliphatic heterocycles. The normalized spacial score (nSPS) is 13.7. The molecule has 36 heavy (non-hydrogen) atoms. The Morgan fingerprint density at radius 1 is 0.944 bits per heavy atom. The number of carboxylic acid groups (broad SMARTS) is 2. The van der Waals surface area contributed by atoms with Gasteiger partial charge in [0.2, 0.25) is 0 Å². The van der Waals surface area contributed by atoms with Crippen molar-refractivity contribution in [1.29, 1.82) is 0 Å².